The van der Waals surface area contributed by atoms with Gasteiger partial charge >= 0.3 is 0 Å². The van der Waals surface area contributed by atoms with Crippen LogP contribution >= 0.6 is 8.58 Å². The van der Waals surface area contributed by atoms with Crippen molar-refractivity contribution in [2.24, 2.45) is 0 Å². The SMILES string of the molecule is CNCc1cccc(C)c1Pc1cccc(OC)c1O. The monoisotopic (exact) mass is 289 g/mol. The molecule has 0 radical (unpaired) electrons. The molecule has 0 aliphatic carbocycles. The highest BCUT2D eigenvalue weighted by molar-refractivity contribution is 7.56. The maximum Gasteiger partial charge on any atom is 0.165 e. The third-order valence-corrected chi connectivity index (χ3v) is 4.84. The van der Waals surface area contributed by atoms with E-state index in [2.05, 4.69) is 30.4 Å². The number of aromatic hydroxyl groups is 1. The molecule has 2 aromatic rings. The smallest absolute Gasteiger partial charge is 0.165 e. The van der Waals surface area contributed by atoms with Crippen molar-refractivity contribution in [2.75, 3.05) is 14.2 Å². The van der Waals surface area contributed by atoms with Crippen LogP contribution in [-0.4, -0.2) is 19.3 Å². The van der Waals surface area contributed by atoms with Gasteiger partial charge in [0.05, 0.1) is 7.11 Å². The van der Waals surface area contributed by atoms with Crippen LogP contribution in [0.15, 0.2) is 36.4 Å². The van der Waals surface area contributed by atoms with Crippen LogP contribution in [0.3, 0.4) is 0 Å². The summed E-state index contributed by atoms with van der Waals surface area (Å²) >= 11 is 0. The second kappa shape index (κ2) is 6.74. The second-order valence-electron chi connectivity index (χ2n) is 4.62. The van der Waals surface area contributed by atoms with Gasteiger partial charge in [-0.3, -0.25) is 0 Å². The summed E-state index contributed by atoms with van der Waals surface area (Å²) in [5.41, 5.74) is 2.52. The van der Waals surface area contributed by atoms with Crippen LogP contribution in [0.25, 0.3) is 0 Å². The van der Waals surface area contributed by atoms with Gasteiger partial charge in [-0.2, -0.15) is 0 Å². The van der Waals surface area contributed by atoms with E-state index in [4.69, 9.17) is 4.74 Å². The Morgan fingerprint density at radius 1 is 1.20 bits per heavy atom. The van der Waals surface area contributed by atoms with Gasteiger partial charge in [0.15, 0.2) is 11.5 Å². The molecule has 0 heterocycles. The highest BCUT2D eigenvalue weighted by Crippen LogP contribution is 2.29. The molecule has 0 aliphatic heterocycles. The van der Waals surface area contributed by atoms with Crippen molar-refractivity contribution >= 4 is 19.2 Å². The summed E-state index contributed by atoms with van der Waals surface area (Å²) in [6.45, 7) is 2.94. The third-order valence-electron chi connectivity index (χ3n) is 3.20. The topological polar surface area (TPSA) is 41.5 Å². The van der Waals surface area contributed by atoms with Gasteiger partial charge in [-0.25, -0.2) is 0 Å². The van der Waals surface area contributed by atoms with Crippen LogP contribution < -0.4 is 20.7 Å². The van der Waals surface area contributed by atoms with Crippen LogP contribution in [0.1, 0.15) is 11.1 Å². The van der Waals surface area contributed by atoms with Crippen molar-refractivity contribution in [2.45, 2.75) is 13.5 Å². The Morgan fingerprint density at radius 2 is 1.95 bits per heavy atom. The van der Waals surface area contributed by atoms with Crippen LogP contribution in [0.2, 0.25) is 0 Å². The molecule has 0 bridgehead atoms. The largest absolute Gasteiger partial charge is 0.504 e. The summed E-state index contributed by atoms with van der Waals surface area (Å²) in [6, 6.07) is 11.9. The molecule has 0 amide bonds. The molecular formula is C16H20NO2P. The first-order valence-corrected chi connectivity index (χ1v) is 7.53. The average molecular weight is 289 g/mol. The van der Waals surface area contributed by atoms with Crippen LogP contribution in [0.4, 0.5) is 0 Å². The first-order chi connectivity index (χ1) is 9.67. The summed E-state index contributed by atoms with van der Waals surface area (Å²) in [5, 5.41) is 15.6. The number of methoxy groups -OCH3 is 1. The lowest BCUT2D eigenvalue weighted by molar-refractivity contribution is 0.375. The number of ether oxygens (including phenoxy) is 1. The summed E-state index contributed by atoms with van der Waals surface area (Å²) in [7, 11) is 3.93. The highest BCUT2D eigenvalue weighted by atomic mass is 31.1. The lowest BCUT2D eigenvalue weighted by Crippen LogP contribution is -2.17. The number of phenols is 1. The fourth-order valence-corrected chi connectivity index (χ4v) is 3.47. The fourth-order valence-electron chi connectivity index (χ4n) is 2.17. The zero-order valence-corrected chi connectivity index (χ0v) is 13.0. The molecule has 2 N–H and O–H groups in total. The van der Waals surface area contributed by atoms with Gasteiger partial charge < -0.3 is 15.2 Å². The Kier molecular flexibility index (Phi) is 4.99. The summed E-state index contributed by atoms with van der Waals surface area (Å²) < 4.78 is 5.17. The number of aryl methyl sites for hydroxylation is 1. The molecule has 106 valence electrons. The third kappa shape index (κ3) is 3.12. The van der Waals surface area contributed by atoms with E-state index >= 15 is 0 Å². The molecule has 1 atom stereocenters. The molecule has 0 fully saturated rings. The molecule has 0 saturated heterocycles. The van der Waals surface area contributed by atoms with Gasteiger partial charge in [0.2, 0.25) is 0 Å². The number of hydrogen-bond donors (Lipinski definition) is 2. The fraction of sp³-hybridized carbons (Fsp3) is 0.250. The number of phenolic OH excluding ortho intramolecular Hbond substituents is 1. The van der Waals surface area contributed by atoms with Gasteiger partial charge in [0.25, 0.3) is 0 Å². The first kappa shape index (κ1) is 14.8. The van der Waals surface area contributed by atoms with E-state index in [0.29, 0.717) is 14.3 Å². The quantitative estimate of drug-likeness (QED) is 0.828. The van der Waals surface area contributed by atoms with Gasteiger partial charge in [-0.15, -0.1) is 0 Å². The maximum absolute atomic E-state index is 10.2. The van der Waals surface area contributed by atoms with E-state index < -0.39 is 0 Å². The standard InChI is InChI=1S/C16H20NO2P/c1-11-6-4-7-12(10-17-2)16(11)20-14-9-5-8-13(19-3)15(14)18/h4-9,17-18,20H,10H2,1-3H3. The number of para-hydroxylation sites is 1. The number of benzene rings is 2. The predicted octanol–water partition coefficient (Wildman–Crippen LogP) is 2.06. The minimum Gasteiger partial charge on any atom is -0.504 e. The van der Waals surface area contributed by atoms with Gasteiger partial charge in [0.1, 0.15) is 0 Å². The second-order valence-corrected chi connectivity index (χ2v) is 5.91. The Bertz CT molecular complexity index is 599. The predicted molar refractivity (Wildman–Crippen MR) is 86.2 cm³/mol. The molecule has 20 heavy (non-hydrogen) atoms. The molecule has 4 heteroatoms. The molecular weight excluding hydrogens is 269 g/mol. The van der Waals surface area contributed by atoms with Crippen molar-refractivity contribution < 1.29 is 9.84 Å². The molecule has 2 aromatic carbocycles. The first-order valence-electron chi connectivity index (χ1n) is 6.53. The van der Waals surface area contributed by atoms with E-state index in [-0.39, 0.29) is 5.75 Å². The van der Waals surface area contributed by atoms with E-state index in [9.17, 15) is 5.11 Å². The molecule has 0 aromatic heterocycles. The van der Waals surface area contributed by atoms with E-state index in [1.165, 1.54) is 16.4 Å². The van der Waals surface area contributed by atoms with Gasteiger partial charge in [-0.05, 0) is 36.5 Å². The lowest BCUT2D eigenvalue weighted by atomic mass is 10.1. The highest BCUT2D eigenvalue weighted by Gasteiger charge is 2.11. The number of nitrogens with one attached hydrogen (secondary N) is 1. The van der Waals surface area contributed by atoms with E-state index in [0.717, 1.165) is 11.8 Å². The van der Waals surface area contributed by atoms with Crippen molar-refractivity contribution in [3.05, 3.63) is 47.5 Å². The lowest BCUT2D eigenvalue weighted by Gasteiger charge is -2.14. The van der Waals surface area contributed by atoms with Crippen molar-refractivity contribution in [1.82, 2.24) is 5.32 Å². The average Bonchev–Trinajstić information content (AvgIpc) is 2.44. The zero-order chi connectivity index (χ0) is 14.5. The Balaban J connectivity index is 2.39. The minimum absolute atomic E-state index is 0.243. The Labute approximate surface area is 121 Å². The summed E-state index contributed by atoms with van der Waals surface area (Å²) in [6.07, 6.45) is 0. The van der Waals surface area contributed by atoms with E-state index in [1.807, 2.05) is 19.2 Å². The molecule has 0 aliphatic rings. The van der Waals surface area contributed by atoms with Gasteiger partial charge in [0, 0.05) is 11.8 Å². The number of rotatable bonds is 5. The maximum atomic E-state index is 10.2. The van der Waals surface area contributed by atoms with Crippen molar-refractivity contribution in [1.29, 1.82) is 0 Å². The molecule has 0 spiro atoms. The minimum atomic E-state index is 0.243. The molecule has 3 nitrogen and oxygen atoms in total. The molecule has 1 unspecified atom stereocenters. The summed E-state index contributed by atoms with van der Waals surface area (Å²) in [5.74, 6) is 0.769. The van der Waals surface area contributed by atoms with Crippen molar-refractivity contribution in [3.8, 4) is 11.5 Å². The van der Waals surface area contributed by atoms with Crippen LogP contribution in [0, 0.1) is 6.92 Å². The Morgan fingerprint density at radius 3 is 2.65 bits per heavy atom. The Hall–Kier alpha value is -1.57. The van der Waals surface area contributed by atoms with Crippen LogP contribution in [0.5, 0.6) is 11.5 Å². The number of hydrogen-bond acceptors (Lipinski definition) is 3. The van der Waals surface area contributed by atoms with Gasteiger partial charge in [-0.1, -0.05) is 38.9 Å². The molecule has 2 rings (SSSR count). The zero-order valence-electron chi connectivity index (χ0n) is 12.0. The van der Waals surface area contributed by atoms with E-state index in [1.54, 1.807) is 13.2 Å². The summed E-state index contributed by atoms with van der Waals surface area (Å²) in [4.78, 5) is 0. The van der Waals surface area contributed by atoms with Crippen molar-refractivity contribution in [3.63, 3.8) is 0 Å². The normalized spacial score (nSPS) is 11.2. The van der Waals surface area contributed by atoms with Crippen LogP contribution in [-0.2, 0) is 6.54 Å². The molecule has 0 saturated carbocycles.